The van der Waals surface area contributed by atoms with Crippen molar-refractivity contribution in [3.63, 3.8) is 0 Å². The third kappa shape index (κ3) is 3.87. The van der Waals surface area contributed by atoms with Crippen molar-refractivity contribution >= 4 is 6.08 Å². The van der Waals surface area contributed by atoms with Crippen LogP contribution in [0.4, 0.5) is 0 Å². The van der Waals surface area contributed by atoms with Crippen LogP contribution in [-0.2, 0) is 0 Å². The maximum absolute atomic E-state index is 3.03. The van der Waals surface area contributed by atoms with Gasteiger partial charge in [0.05, 0.1) is 0 Å². The highest BCUT2D eigenvalue weighted by Gasteiger charge is 1.87. The van der Waals surface area contributed by atoms with Crippen molar-refractivity contribution in [3.05, 3.63) is 42.0 Å². The van der Waals surface area contributed by atoms with Crippen LogP contribution < -0.4 is 5.43 Å². The molecular weight excluding hydrogens is 160 g/mol. The van der Waals surface area contributed by atoms with Crippen molar-refractivity contribution in [1.29, 1.82) is 0 Å². The zero-order chi connectivity index (χ0) is 9.52. The molecule has 0 heterocycles. The second-order valence-corrected chi connectivity index (χ2v) is 2.92. The molecule has 0 unspecified atom stereocenters. The smallest absolute Gasteiger partial charge is 0.0311 e. The molecule has 1 aromatic rings. The molecule has 0 amide bonds. The zero-order valence-corrected chi connectivity index (χ0v) is 8.20. The number of hydrogen-bond acceptors (Lipinski definition) is 2. The van der Waals surface area contributed by atoms with Gasteiger partial charge in [0.2, 0.25) is 0 Å². The van der Waals surface area contributed by atoms with Crippen LogP contribution in [0.3, 0.4) is 0 Å². The minimum Gasteiger partial charge on any atom is -0.258 e. The molecule has 0 saturated heterocycles. The van der Waals surface area contributed by atoms with Crippen molar-refractivity contribution in [2.75, 3.05) is 20.6 Å². The molecule has 0 bridgehead atoms. The monoisotopic (exact) mass is 176 g/mol. The molecule has 0 saturated carbocycles. The Morgan fingerprint density at radius 3 is 2.62 bits per heavy atom. The number of hydrogen-bond donors (Lipinski definition) is 1. The van der Waals surface area contributed by atoms with E-state index in [2.05, 4.69) is 29.7 Å². The fraction of sp³-hybridized carbons (Fsp3) is 0.273. The lowest BCUT2D eigenvalue weighted by atomic mass is 10.2. The molecule has 2 heteroatoms. The topological polar surface area (TPSA) is 15.3 Å². The van der Waals surface area contributed by atoms with E-state index in [-0.39, 0.29) is 0 Å². The summed E-state index contributed by atoms with van der Waals surface area (Å²) in [5.41, 5.74) is 4.28. The molecule has 0 radical (unpaired) electrons. The molecule has 0 spiro atoms. The molecule has 0 fully saturated rings. The van der Waals surface area contributed by atoms with Crippen LogP contribution >= 0.6 is 0 Å². The number of nitrogens with one attached hydrogen (secondary N) is 1. The van der Waals surface area contributed by atoms with Gasteiger partial charge in [-0.2, -0.15) is 0 Å². The van der Waals surface area contributed by atoms with E-state index >= 15 is 0 Å². The van der Waals surface area contributed by atoms with Gasteiger partial charge in [0.1, 0.15) is 0 Å². The fourth-order valence-corrected chi connectivity index (χ4v) is 1.00. The Kier molecular flexibility index (Phi) is 4.23. The summed E-state index contributed by atoms with van der Waals surface area (Å²) in [6.07, 6.45) is 4.25. The van der Waals surface area contributed by atoms with Gasteiger partial charge in [-0.05, 0) is 12.6 Å². The molecule has 0 aliphatic heterocycles. The van der Waals surface area contributed by atoms with Crippen LogP contribution in [0.1, 0.15) is 5.56 Å². The summed E-state index contributed by atoms with van der Waals surface area (Å²) < 4.78 is 0. The Morgan fingerprint density at radius 1 is 1.31 bits per heavy atom. The molecule has 1 N–H and O–H groups in total. The quantitative estimate of drug-likeness (QED) is 0.703. The Labute approximate surface area is 79.8 Å². The summed E-state index contributed by atoms with van der Waals surface area (Å²) in [6.45, 7) is 0.908. The predicted molar refractivity (Wildman–Crippen MR) is 57.2 cm³/mol. The van der Waals surface area contributed by atoms with Crippen LogP contribution in [0.2, 0.25) is 0 Å². The molecule has 0 atom stereocenters. The lowest BCUT2D eigenvalue weighted by Crippen LogP contribution is -2.30. The van der Waals surface area contributed by atoms with E-state index in [4.69, 9.17) is 0 Å². The molecule has 70 valence electrons. The first-order valence-electron chi connectivity index (χ1n) is 4.43. The van der Waals surface area contributed by atoms with E-state index in [9.17, 15) is 0 Å². The standard InChI is InChI=1S/C11H16N2/c1-12-13(2)10-6-9-11-7-4-3-5-8-11/h3-9,12H,10H2,1-2H3/b9-6+. The summed E-state index contributed by atoms with van der Waals surface area (Å²) in [6, 6.07) is 10.3. The molecule has 1 rings (SSSR count). The van der Waals surface area contributed by atoms with Crippen LogP contribution in [0.15, 0.2) is 36.4 Å². The van der Waals surface area contributed by atoms with Gasteiger partial charge in [-0.1, -0.05) is 42.5 Å². The average Bonchev–Trinajstić information content (AvgIpc) is 2.19. The maximum Gasteiger partial charge on any atom is 0.0311 e. The summed E-state index contributed by atoms with van der Waals surface area (Å²) in [5, 5.41) is 2.01. The van der Waals surface area contributed by atoms with Gasteiger partial charge in [-0.15, -0.1) is 0 Å². The minimum atomic E-state index is 0.908. The highest BCUT2D eigenvalue weighted by atomic mass is 15.5. The van der Waals surface area contributed by atoms with Gasteiger partial charge in [-0.3, -0.25) is 5.43 Å². The van der Waals surface area contributed by atoms with Gasteiger partial charge < -0.3 is 0 Å². The van der Waals surface area contributed by atoms with Gasteiger partial charge in [0, 0.05) is 13.6 Å². The Balaban J connectivity index is 2.41. The van der Waals surface area contributed by atoms with Crippen LogP contribution in [0, 0.1) is 0 Å². The Morgan fingerprint density at radius 2 is 2.00 bits per heavy atom. The van der Waals surface area contributed by atoms with Crippen molar-refractivity contribution < 1.29 is 0 Å². The highest BCUT2D eigenvalue weighted by molar-refractivity contribution is 5.48. The predicted octanol–water partition coefficient (Wildman–Crippen LogP) is 1.77. The highest BCUT2D eigenvalue weighted by Crippen LogP contribution is 2.00. The van der Waals surface area contributed by atoms with E-state index in [1.165, 1.54) is 5.56 Å². The van der Waals surface area contributed by atoms with Gasteiger partial charge in [-0.25, -0.2) is 5.01 Å². The molecule has 0 aliphatic carbocycles. The Bertz CT molecular complexity index is 254. The summed E-state index contributed by atoms with van der Waals surface area (Å²) in [5.74, 6) is 0. The number of likely N-dealkylation sites (N-methyl/N-ethyl adjacent to an activating group) is 1. The SMILES string of the molecule is CNN(C)C/C=C/c1ccccc1. The van der Waals surface area contributed by atoms with E-state index in [1.807, 2.05) is 37.3 Å². The third-order valence-corrected chi connectivity index (χ3v) is 1.87. The normalized spacial score (nSPS) is 11.3. The second-order valence-electron chi connectivity index (χ2n) is 2.92. The molecule has 0 aliphatic rings. The number of nitrogens with zero attached hydrogens (tertiary/aromatic N) is 1. The molecule has 13 heavy (non-hydrogen) atoms. The number of hydrazine groups is 1. The summed E-state index contributed by atoms with van der Waals surface area (Å²) in [4.78, 5) is 0. The molecular formula is C11H16N2. The van der Waals surface area contributed by atoms with Crippen LogP contribution in [-0.4, -0.2) is 25.6 Å². The van der Waals surface area contributed by atoms with E-state index in [0.29, 0.717) is 0 Å². The van der Waals surface area contributed by atoms with Crippen LogP contribution in [0.25, 0.3) is 6.08 Å². The van der Waals surface area contributed by atoms with Gasteiger partial charge >= 0.3 is 0 Å². The van der Waals surface area contributed by atoms with E-state index < -0.39 is 0 Å². The van der Waals surface area contributed by atoms with Crippen LogP contribution in [0.5, 0.6) is 0 Å². The average molecular weight is 176 g/mol. The van der Waals surface area contributed by atoms with Gasteiger partial charge in [0.15, 0.2) is 0 Å². The Hall–Kier alpha value is -1.12. The second kappa shape index (κ2) is 5.51. The first kappa shape index (κ1) is 9.96. The van der Waals surface area contributed by atoms with Gasteiger partial charge in [0.25, 0.3) is 0 Å². The lowest BCUT2D eigenvalue weighted by molar-refractivity contribution is 0.290. The maximum atomic E-state index is 3.03. The largest absolute Gasteiger partial charge is 0.258 e. The molecule has 1 aromatic carbocycles. The zero-order valence-electron chi connectivity index (χ0n) is 8.20. The lowest BCUT2D eigenvalue weighted by Gasteiger charge is -2.10. The van der Waals surface area contributed by atoms with E-state index in [1.54, 1.807) is 0 Å². The summed E-state index contributed by atoms with van der Waals surface area (Å²) >= 11 is 0. The van der Waals surface area contributed by atoms with Crippen molar-refractivity contribution in [1.82, 2.24) is 10.4 Å². The number of rotatable bonds is 4. The van der Waals surface area contributed by atoms with Crippen molar-refractivity contribution in [2.24, 2.45) is 0 Å². The fourth-order valence-electron chi connectivity index (χ4n) is 1.00. The molecule has 0 aromatic heterocycles. The first-order valence-corrected chi connectivity index (χ1v) is 4.43. The summed E-state index contributed by atoms with van der Waals surface area (Å²) in [7, 11) is 3.92. The van der Waals surface area contributed by atoms with Crippen molar-refractivity contribution in [3.8, 4) is 0 Å². The first-order chi connectivity index (χ1) is 6.33. The van der Waals surface area contributed by atoms with E-state index in [0.717, 1.165) is 6.54 Å². The number of benzene rings is 1. The van der Waals surface area contributed by atoms with Crippen molar-refractivity contribution in [2.45, 2.75) is 0 Å². The minimum absolute atomic E-state index is 0.908. The molecule has 2 nitrogen and oxygen atoms in total. The third-order valence-electron chi connectivity index (χ3n) is 1.87.